The molecule has 1 heterocycles. The van der Waals surface area contributed by atoms with Crippen LogP contribution in [0.15, 0.2) is 18.2 Å². The molecule has 0 radical (unpaired) electrons. The highest BCUT2D eigenvalue weighted by atomic mass is 19.2. The number of hydrogen-bond acceptors (Lipinski definition) is 2. The highest BCUT2D eigenvalue weighted by molar-refractivity contribution is 5.45. The first-order valence-electron chi connectivity index (χ1n) is 5.91. The summed E-state index contributed by atoms with van der Waals surface area (Å²) in [7, 11) is 1.78. The molecule has 1 aromatic carbocycles. The number of anilines is 1. The SMILES string of the molecule is CCc1cc(CNc2cc(F)c(F)cc2F)n(C)n1. The molecular weight excluding hydrogens is 255 g/mol. The molecule has 0 saturated carbocycles. The summed E-state index contributed by atoms with van der Waals surface area (Å²) in [5.41, 5.74) is 1.68. The number of benzene rings is 1. The molecule has 0 atom stereocenters. The molecule has 0 bridgehead atoms. The molecule has 1 aromatic heterocycles. The van der Waals surface area contributed by atoms with Crippen molar-refractivity contribution in [3.05, 3.63) is 47.0 Å². The summed E-state index contributed by atoms with van der Waals surface area (Å²) in [6.07, 6.45) is 0.799. The van der Waals surface area contributed by atoms with Crippen molar-refractivity contribution >= 4 is 5.69 Å². The Morgan fingerprint density at radius 3 is 2.42 bits per heavy atom. The number of nitrogens with one attached hydrogen (secondary N) is 1. The van der Waals surface area contributed by atoms with Gasteiger partial charge in [-0.1, -0.05) is 6.92 Å². The number of nitrogens with zero attached hydrogens (tertiary/aromatic N) is 2. The van der Waals surface area contributed by atoms with E-state index in [2.05, 4.69) is 10.4 Å². The van der Waals surface area contributed by atoms with Gasteiger partial charge in [-0.05, 0) is 12.5 Å². The van der Waals surface area contributed by atoms with Crippen molar-refractivity contribution in [2.45, 2.75) is 19.9 Å². The second-order valence-electron chi connectivity index (χ2n) is 4.20. The predicted octanol–water partition coefficient (Wildman–Crippen LogP) is 3.01. The van der Waals surface area contributed by atoms with Crippen LogP contribution in [-0.2, 0) is 20.0 Å². The molecule has 0 aliphatic carbocycles. The van der Waals surface area contributed by atoms with E-state index in [0.29, 0.717) is 6.07 Å². The Kier molecular flexibility index (Phi) is 3.78. The Balaban J connectivity index is 2.14. The van der Waals surface area contributed by atoms with E-state index < -0.39 is 17.5 Å². The van der Waals surface area contributed by atoms with Gasteiger partial charge in [0.05, 0.1) is 23.6 Å². The Morgan fingerprint density at radius 2 is 1.79 bits per heavy atom. The molecule has 2 rings (SSSR count). The smallest absolute Gasteiger partial charge is 0.161 e. The Hall–Kier alpha value is -1.98. The average molecular weight is 269 g/mol. The quantitative estimate of drug-likeness (QED) is 0.865. The van der Waals surface area contributed by atoms with E-state index in [4.69, 9.17) is 0 Å². The lowest BCUT2D eigenvalue weighted by Crippen LogP contribution is -2.07. The van der Waals surface area contributed by atoms with Crippen molar-refractivity contribution in [3.63, 3.8) is 0 Å². The van der Waals surface area contributed by atoms with Gasteiger partial charge in [0, 0.05) is 19.2 Å². The maximum Gasteiger partial charge on any atom is 0.161 e. The zero-order valence-electron chi connectivity index (χ0n) is 10.7. The maximum absolute atomic E-state index is 13.4. The van der Waals surface area contributed by atoms with Gasteiger partial charge in [0.2, 0.25) is 0 Å². The molecule has 0 aliphatic rings. The molecule has 1 N–H and O–H groups in total. The van der Waals surface area contributed by atoms with Gasteiger partial charge in [0.1, 0.15) is 5.82 Å². The standard InChI is InChI=1S/C13H14F3N3/c1-3-8-4-9(19(2)18-8)7-17-13-6-11(15)10(14)5-12(13)16/h4-6,17H,3,7H2,1-2H3. The number of halogens is 3. The van der Waals surface area contributed by atoms with Gasteiger partial charge in [-0.15, -0.1) is 0 Å². The summed E-state index contributed by atoms with van der Waals surface area (Å²) in [5.74, 6) is -3.10. The number of aromatic nitrogens is 2. The normalized spacial score (nSPS) is 10.8. The number of hydrogen-bond donors (Lipinski definition) is 1. The molecule has 2 aromatic rings. The highest BCUT2D eigenvalue weighted by Gasteiger charge is 2.10. The van der Waals surface area contributed by atoms with Crippen molar-refractivity contribution in [1.82, 2.24) is 9.78 Å². The van der Waals surface area contributed by atoms with Crippen LogP contribution in [0.2, 0.25) is 0 Å². The third-order valence-electron chi connectivity index (χ3n) is 2.86. The van der Waals surface area contributed by atoms with Crippen LogP contribution in [0.3, 0.4) is 0 Å². The molecule has 6 heteroatoms. The maximum atomic E-state index is 13.4. The molecule has 0 unspecified atom stereocenters. The Morgan fingerprint density at radius 1 is 1.11 bits per heavy atom. The second kappa shape index (κ2) is 5.34. The van der Waals surface area contributed by atoms with Gasteiger partial charge in [0.15, 0.2) is 11.6 Å². The fraction of sp³-hybridized carbons (Fsp3) is 0.308. The van der Waals surface area contributed by atoms with E-state index in [1.54, 1.807) is 11.7 Å². The van der Waals surface area contributed by atoms with Gasteiger partial charge < -0.3 is 5.32 Å². The van der Waals surface area contributed by atoms with Crippen LogP contribution < -0.4 is 5.32 Å². The fourth-order valence-electron chi connectivity index (χ4n) is 1.75. The molecule has 0 spiro atoms. The number of rotatable bonds is 4. The molecular formula is C13H14F3N3. The third-order valence-corrected chi connectivity index (χ3v) is 2.86. The highest BCUT2D eigenvalue weighted by Crippen LogP contribution is 2.19. The minimum Gasteiger partial charge on any atom is -0.377 e. The first kappa shape index (κ1) is 13.5. The van der Waals surface area contributed by atoms with Gasteiger partial charge in [0.25, 0.3) is 0 Å². The lowest BCUT2D eigenvalue weighted by Gasteiger charge is -2.08. The summed E-state index contributed by atoms with van der Waals surface area (Å²) in [6, 6.07) is 3.21. The Bertz CT molecular complexity index is 593. The average Bonchev–Trinajstić information content (AvgIpc) is 2.73. The van der Waals surface area contributed by atoms with Crippen LogP contribution in [0.5, 0.6) is 0 Å². The minimum atomic E-state index is -1.20. The molecule has 0 fully saturated rings. The molecule has 19 heavy (non-hydrogen) atoms. The zero-order chi connectivity index (χ0) is 14.0. The summed E-state index contributed by atoms with van der Waals surface area (Å²) in [5, 5.41) is 6.98. The first-order valence-corrected chi connectivity index (χ1v) is 5.91. The van der Waals surface area contributed by atoms with Crippen LogP contribution in [0.1, 0.15) is 18.3 Å². The van der Waals surface area contributed by atoms with E-state index in [1.165, 1.54) is 0 Å². The van der Waals surface area contributed by atoms with Crippen molar-refractivity contribution in [3.8, 4) is 0 Å². The lowest BCUT2D eigenvalue weighted by atomic mass is 10.2. The third kappa shape index (κ3) is 2.89. The van der Waals surface area contributed by atoms with Crippen LogP contribution in [-0.4, -0.2) is 9.78 Å². The summed E-state index contributed by atoms with van der Waals surface area (Å²) in [4.78, 5) is 0. The fourth-order valence-corrected chi connectivity index (χ4v) is 1.75. The molecule has 102 valence electrons. The predicted molar refractivity (Wildman–Crippen MR) is 66.2 cm³/mol. The van der Waals surface area contributed by atoms with E-state index in [-0.39, 0.29) is 12.2 Å². The van der Waals surface area contributed by atoms with Gasteiger partial charge >= 0.3 is 0 Å². The van der Waals surface area contributed by atoms with Crippen LogP contribution in [0, 0.1) is 17.5 Å². The molecule has 3 nitrogen and oxygen atoms in total. The van der Waals surface area contributed by atoms with Gasteiger partial charge in [-0.3, -0.25) is 4.68 Å². The summed E-state index contributed by atoms with van der Waals surface area (Å²) in [6.45, 7) is 2.26. The molecule has 0 amide bonds. The van der Waals surface area contributed by atoms with Crippen molar-refractivity contribution in [2.75, 3.05) is 5.32 Å². The van der Waals surface area contributed by atoms with E-state index in [0.717, 1.165) is 23.9 Å². The molecule has 0 aliphatic heterocycles. The van der Waals surface area contributed by atoms with Crippen LogP contribution >= 0.6 is 0 Å². The van der Waals surface area contributed by atoms with E-state index in [9.17, 15) is 13.2 Å². The largest absolute Gasteiger partial charge is 0.377 e. The van der Waals surface area contributed by atoms with Crippen molar-refractivity contribution < 1.29 is 13.2 Å². The van der Waals surface area contributed by atoms with E-state index in [1.807, 2.05) is 13.0 Å². The minimum absolute atomic E-state index is 0.0712. The lowest BCUT2D eigenvalue weighted by molar-refractivity contribution is 0.496. The topological polar surface area (TPSA) is 29.9 Å². The van der Waals surface area contributed by atoms with Gasteiger partial charge in [-0.2, -0.15) is 5.10 Å². The summed E-state index contributed by atoms with van der Waals surface area (Å²) < 4.78 is 40.9. The van der Waals surface area contributed by atoms with Crippen molar-refractivity contribution in [2.24, 2.45) is 7.05 Å². The Labute approximate surface area is 109 Å². The van der Waals surface area contributed by atoms with E-state index >= 15 is 0 Å². The van der Waals surface area contributed by atoms with Crippen molar-refractivity contribution in [1.29, 1.82) is 0 Å². The number of aryl methyl sites for hydroxylation is 2. The summed E-state index contributed by atoms with van der Waals surface area (Å²) >= 11 is 0. The van der Waals surface area contributed by atoms with Crippen LogP contribution in [0.4, 0.5) is 18.9 Å². The monoisotopic (exact) mass is 269 g/mol. The second-order valence-corrected chi connectivity index (χ2v) is 4.20. The first-order chi connectivity index (χ1) is 9.01. The molecule has 0 saturated heterocycles. The zero-order valence-corrected chi connectivity index (χ0v) is 10.7. The van der Waals surface area contributed by atoms with Gasteiger partial charge in [-0.25, -0.2) is 13.2 Å². The van der Waals surface area contributed by atoms with Crippen LogP contribution in [0.25, 0.3) is 0 Å².